The van der Waals surface area contributed by atoms with Gasteiger partial charge in [0.05, 0.1) is 11.4 Å². The van der Waals surface area contributed by atoms with E-state index in [2.05, 4.69) is 20.8 Å². The van der Waals surface area contributed by atoms with E-state index in [9.17, 15) is 4.79 Å². The monoisotopic (exact) mass is 195 g/mol. The predicted molar refractivity (Wildman–Crippen MR) is 51.8 cm³/mol. The van der Waals surface area contributed by atoms with Crippen LogP contribution in [0.3, 0.4) is 0 Å². The maximum absolute atomic E-state index is 10.6. The Kier molecular flexibility index (Phi) is 2.95. The second-order valence-electron chi connectivity index (χ2n) is 3.01. The second kappa shape index (κ2) is 3.99. The van der Waals surface area contributed by atoms with Gasteiger partial charge in [-0.1, -0.05) is 5.21 Å². The summed E-state index contributed by atoms with van der Waals surface area (Å²) in [6, 6.07) is 0. The Labute approximate surface area is 82.0 Å². The Morgan fingerprint density at radius 1 is 1.50 bits per heavy atom. The third-order valence-electron chi connectivity index (χ3n) is 1.83. The molecular weight excluding hydrogens is 182 g/mol. The van der Waals surface area contributed by atoms with E-state index in [0.717, 1.165) is 5.69 Å². The van der Waals surface area contributed by atoms with E-state index in [4.69, 9.17) is 0 Å². The van der Waals surface area contributed by atoms with Gasteiger partial charge in [0, 0.05) is 14.0 Å². The SMILES string of the molecule is CC(=O)N/N=C(\C)c1nnn(C)c1C. The first kappa shape index (κ1) is 10.4. The van der Waals surface area contributed by atoms with Crippen LogP contribution in [0.25, 0.3) is 0 Å². The van der Waals surface area contributed by atoms with Crippen molar-refractivity contribution in [2.75, 3.05) is 0 Å². The van der Waals surface area contributed by atoms with Gasteiger partial charge in [0.25, 0.3) is 0 Å². The van der Waals surface area contributed by atoms with Crippen molar-refractivity contribution >= 4 is 11.6 Å². The molecule has 0 bridgehead atoms. The number of carbonyl (C=O) groups is 1. The van der Waals surface area contributed by atoms with Gasteiger partial charge in [0.2, 0.25) is 5.91 Å². The summed E-state index contributed by atoms with van der Waals surface area (Å²) >= 11 is 0. The average Bonchev–Trinajstić information content (AvgIpc) is 2.44. The van der Waals surface area contributed by atoms with Gasteiger partial charge in [-0.25, -0.2) is 5.43 Å². The summed E-state index contributed by atoms with van der Waals surface area (Å²) in [5, 5.41) is 11.6. The zero-order valence-electron chi connectivity index (χ0n) is 8.70. The molecule has 0 radical (unpaired) electrons. The van der Waals surface area contributed by atoms with E-state index < -0.39 is 0 Å². The standard InChI is InChI=1S/C8H13N5O/c1-5(9-10-7(3)14)8-6(2)13(4)12-11-8/h1-4H3,(H,10,14)/b9-5+. The number of aryl methyl sites for hydroxylation is 1. The molecule has 0 saturated heterocycles. The van der Waals surface area contributed by atoms with Crippen LogP contribution in [0.2, 0.25) is 0 Å². The highest BCUT2D eigenvalue weighted by Crippen LogP contribution is 2.02. The van der Waals surface area contributed by atoms with E-state index in [1.807, 2.05) is 6.92 Å². The molecule has 6 nitrogen and oxygen atoms in total. The van der Waals surface area contributed by atoms with Gasteiger partial charge < -0.3 is 0 Å². The summed E-state index contributed by atoms with van der Waals surface area (Å²) in [7, 11) is 1.80. The number of hydrogen-bond acceptors (Lipinski definition) is 4. The molecule has 1 heterocycles. The maximum atomic E-state index is 10.6. The molecule has 0 aliphatic heterocycles. The molecule has 14 heavy (non-hydrogen) atoms. The van der Waals surface area contributed by atoms with Gasteiger partial charge in [-0.2, -0.15) is 5.10 Å². The van der Waals surface area contributed by atoms with E-state index in [-0.39, 0.29) is 5.91 Å². The van der Waals surface area contributed by atoms with Crippen molar-refractivity contribution in [3.8, 4) is 0 Å². The first-order valence-corrected chi connectivity index (χ1v) is 4.20. The van der Waals surface area contributed by atoms with Gasteiger partial charge in [0.1, 0.15) is 5.69 Å². The zero-order valence-corrected chi connectivity index (χ0v) is 8.70. The van der Waals surface area contributed by atoms with Crippen LogP contribution in [0, 0.1) is 6.92 Å². The van der Waals surface area contributed by atoms with Crippen molar-refractivity contribution < 1.29 is 4.79 Å². The average molecular weight is 195 g/mol. The number of carbonyl (C=O) groups excluding carboxylic acids is 1. The molecule has 1 amide bonds. The molecule has 1 N–H and O–H groups in total. The molecule has 6 heteroatoms. The predicted octanol–water partition coefficient (Wildman–Crippen LogP) is -0.0164. The lowest BCUT2D eigenvalue weighted by Crippen LogP contribution is -2.15. The molecule has 0 aliphatic rings. The summed E-state index contributed by atoms with van der Waals surface area (Å²) in [6.45, 7) is 5.06. The first-order valence-electron chi connectivity index (χ1n) is 4.20. The van der Waals surface area contributed by atoms with Gasteiger partial charge in [-0.3, -0.25) is 9.48 Å². The van der Waals surface area contributed by atoms with Crippen LogP contribution in [0.4, 0.5) is 0 Å². The molecule has 0 aromatic carbocycles. The molecular formula is C8H13N5O. The number of hydrazone groups is 1. The maximum Gasteiger partial charge on any atom is 0.236 e. The highest BCUT2D eigenvalue weighted by molar-refractivity contribution is 5.98. The normalized spacial score (nSPS) is 11.6. The topological polar surface area (TPSA) is 72.2 Å². The lowest BCUT2D eigenvalue weighted by molar-refractivity contribution is -0.118. The fraction of sp³-hybridized carbons (Fsp3) is 0.500. The fourth-order valence-corrected chi connectivity index (χ4v) is 0.954. The van der Waals surface area contributed by atoms with Crippen LogP contribution < -0.4 is 5.43 Å². The van der Waals surface area contributed by atoms with E-state index >= 15 is 0 Å². The minimum atomic E-state index is -0.203. The molecule has 1 rings (SSSR count). The molecule has 0 atom stereocenters. The van der Waals surface area contributed by atoms with Crippen molar-refractivity contribution in [3.05, 3.63) is 11.4 Å². The molecule has 76 valence electrons. The van der Waals surface area contributed by atoms with Crippen molar-refractivity contribution in [2.45, 2.75) is 20.8 Å². The Balaban J connectivity index is 2.89. The molecule has 1 aromatic heterocycles. The van der Waals surface area contributed by atoms with E-state index in [1.165, 1.54) is 6.92 Å². The Morgan fingerprint density at radius 3 is 2.57 bits per heavy atom. The highest BCUT2D eigenvalue weighted by Gasteiger charge is 2.08. The van der Waals surface area contributed by atoms with Gasteiger partial charge in [-0.15, -0.1) is 5.10 Å². The smallest absolute Gasteiger partial charge is 0.236 e. The third-order valence-corrected chi connectivity index (χ3v) is 1.83. The van der Waals surface area contributed by atoms with Gasteiger partial charge in [0.15, 0.2) is 0 Å². The molecule has 1 aromatic rings. The molecule has 0 saturated carbocycles. The second-order valence-corrected chi connectivity index (χ2v) is 3.01. The quantitative estimate of drug-likeness (QED) is 0.532. The third kappa shape index (κ3) is 2.15. The van der Waals surface area contributed by atoms with Crippen molar-refractivity contribution in [1.29, 1.82) is 0 Å². The molecule has 0 unspecified atom stereocenters. The van der Waals surface area contributed by atoms with Gasteiger partial charge in [-0.05, 0) is 13.8 Å². The van der Waals surface area contributed by atoms with Crippen LogP contribution in [0.5, 0.6) is 0 Å². The van der Waals surface area contributed by atoms with E-state index in [1.54, 1.807) is 18.7 Å². The van der Waals surface area contributed by atoms with Crippen molar-refractivity contribution in [3.63, 3.8) is 0 Å². The minimum Gasteiger partial charge on any atom is -0.274 e. The number of amides is 1. The molecule has 0 aliphatic carbocycles. The first-order chi connectivity index (χ1) is 6.52. The highest BCUT2D eigenvalue weighted by atomic mass is 16.2. The summed E-state index contributed by atoms with van der Waals surface area (Å²) < 4.78 is 1.65. The summed E-state index contributed by atoms with van der Waals surface area (Å²) in [5.74, 6) is -0.203. The van der Waals surface area contributed by atoms with Crippen LogP contribution in [0.15, 0.2) is 5.10 Å². The number of rotatable bonds is 2. The Hall–Kier alpha value is -1.72. The Morgan fingerprint density at radius 2 is 2.14 bits per heavy atom. The molecule has 0 fully saturated rings. The van der Waals surface area contributed by atoms with Crippen molar-refractivity contribution in [2.24, 2.45) is 12.1 Å². The molecule has 0 spiro atoms. The lowest BCUT2D eigenvalue weighted by Gasteiger charge is -1.97. The summed E-state index contributed by atoms with van der Waals surface area (Å²) in [4.78, 5) is 10.6. The van der Waals surface area contributed by atoms with Crippen LogP contribution in [-0.4, -0.2) is 26.6 Å². The number of nitrogens with zero attached hydrogens (tertiary/aromatic N) is 4. The number of hydrogen-bond donors (Lipinski definition) is 1. The van der Waals surface area contributed by atoms with E-state index in [0.29, 0.717) is 11.4 Å². The van der Waals surface area contributed by atoms with Crippen LogP contribution >= 0.6 is 0 Å². The minimum absolute atomic E-state index is 0.203. The lowest BCUT2D eigenvalue weighted by atomic mass is 10.2. The fourth-order valence-electron chi connectivity index (χ4n) is 0.954. The summed E-state index contributed by atoms with van der Waals surface area (Å²) in [5.41, 5.74) is 4.61. The van der Waals surface area contributed by atoms with Crippen LogP contribution in [-0.2, 0) is 11.8 Å². The summed E-state index contributed by atoms with van der Waals surface area (Å²) in [6.07, 6.45) is 0. The number of aromatic nitrogens is 3. The van der Waals surface area contributed by atoms with Crippen LogP contribution in [0.1, 0.15) is 25.2 Å². The largest absolute Gasteiger partial charge is 0.274 e. The zero-order chi connectivity index (χ0) is 10.7. The Bertz CT molecular complexity index is 379. The number of nitrogens with one attached hydrogen (secondary N) is 1. The van der Waals surface area contributed by atoms with Crippen molar-refractivity contribution in [1.82, 2.24) is 20.4 Å². The van der Waals surface area contributed by atoms with Gasteiger partial charge >= 0.3 is 0 Å².